The summed E-state index contributed by atoms with van der Waals surface area (Å²) in [6.45, 7) is 8.66. The van der Waals surface area contributed by atoms with E-state index in [1.54, 1.807) is 0 Å². The van der Waals surface area contributed by atoms with E-state index in [0.717, 1.165) is 24.2 Å². The lowest BCUT2D eigenvalue weighted by Gasteiger charge is -2.20. The van der Waals surface area contributed by atoms with Crippen LogP contribution >= 0.6 is 0 Å². The molecular formula is C11H18N2. The van der Waals surface area contributed by atoms with Gasteiger partial charge in [-0.05, 0) is 25.0 Å². The first-order valence-electron chi connectivity index (χ1n) is 4.93. The fourth-order valence-corrected chi connectivity index (χ4v) is 1.09. The van der Waals surface area contributed by atoms with Gasteiger partial charge in [-0.2, -0.15) is 10.2 Å². The van der Waals surface area contributed by atoms with Crippen LogP contribution in [0.25, 0.3) is 0 Å². The van der Waals surface area contributed by atoms with E-state index in [4.69, 9.17) is 0 Å². The van der Waals surface area contributed by atoms with Gasteiger partial charge < -0.3 is 0 Å². The molecule has 2 nitrogen and oxygen atoms in total. The van der Waals surface area contributed by atoms with Crippen LogP contribution in [0.4, 0.5) is 0 Å². The molecule has 2 heteroatoms. The molecule has 0 aliphatic rings. The fourth-order valence-electron chi connectivity index (χ4n) is 1.09. The number of hydrogen-bond donors (Lipinski definition) is 0. The molecule has 0 atom stereocenters. The molecule has 13 heavy (non-hydrogen) atoms. The van der Waals surface area contributed by atoms with Crippen LogP contribution < -0.4 is 0 Å². The Balaban J connectivity index is 2.92. The van der Waals surface area contributed by atoms with Gasteiger partial charge in [0.25, 0.3) is 0 Å². The third-order valence-electron chi connectivity index (χ3n) is 2.66. The first-order chi connectivity index (χ1) is 6.10. The topological polar surface area (TPSA) is 25.8 Å². The number of aromatic nitrogens is 2. The molecule has 0 bridgehead atoms. The van der Waals surface area contributed by atoms with Crippen molar-refractivity contribution in [3.05, 3.63) is 23.5 Å². The largest absolute Gasteiger partial charge is 0.155 e. The Labute approximate surface area is 80.4 Å². The van der Waals surface area contributed by atoms with Crippen LogP contribution in [0.2, 0.25) is 0 Å². The molecule has 1 rings (SSSR count). The van der Waals surface area contributed by atoms with Gasteiger partial charge in [0.1, 0.15) is 0 Å². The summed E-state index contributed by atoms with van der Waals surface area (Å²) < 4.78 is 0. The predicted octanol–water partition coefficient (Wildman–Crippen LogP) is 2.73. The van der Waals surface area contributed by atoms with E-state index in [-0.39, 0.29) is 5.41 Å². The van der Waals surface area contributed by atoms with Crippen LogP contribution in [-0.2, 0) is 11.8 Å². The second-order valence-corrected chi connectivity index (χ2v) is 4.00. The predicted molar refractivity (Wildman–Crippen MR) is 54.7 cm³/mol. The normalized spacial score (nSPS) is 11.7. The van der Waals surface area contributed by atoms with Crippen molar-refractivity contribution < 1.29 is 0 Å². The van der Waals surface area contributed by atoms with E-state index in [2.05, 4.69) is 50.0 Å². The molecule has 0 aliphatic carbocycles. The highest BCUT2D eigenvalue weighted by molar-refractivity contribution is 5.14. The van der Waals surface area contributed by atoms with E-state index in [1.807, 2.05) is 0 Å². The van der Waals surface area contributed by atoms with Gasteiger partial charge in [0.05, 0.1) is 11.4 Å². The summed E-state index contributed by atoms with van der Waals surface area (Å²) in [5.74, 6) is 0. The van der Waals surface area contributed by atoms with Gasteiger partial charge in [-0.3, -0.25) is 0 Å². The summed E-state index contributed by atoms with van der Waals surface area (Å²) in [4.78, 5) is 0. The molecule has 0 amide bonds. The molecule has 0 saturated heterocycles. The first kappa shape index (κ1) is 10.2. The van der Waals surface area contributed by atoms with Crippen LogP contribution in [0.3, 0.4) is 0 Å². The zero-order chi connectivity index (χ0) is 9.90. The van der Waals surface area contributed by atoms with Crippen LogP contribution in [0, 0.1) is 0 Å². The molecule has 1 heterocycles. The summed E-state index contributed by atoms with van der Waals surface area (Å²) in [5, 5.41) is 8.40. The molecule has 0 fully saturated rings. The van der Waals surface area contributed by atoms with Crippen molar-refractivity contribution in [2.24, 2.45) is 0 Å². The monoisotopic (exact) mass is 178 g/mol. The molecule has 0 saturated carbocycles. The lowest BCUT2D eigenvalue weighted by molar-refractivity contribution is 0.482. The molecule has 1 aromatic rings. The molecule has 0 aliphatic heterocycles. The van der Waals surface area contributed by atoms with Gasteiger partial charge in [0, 0.05) is 5.41 Å². The minimum absolute atomic E-state index is 0.152. The molecule has 0 N–H and O–H groups in total. The van der Waals surface area contributed by atoms with Crippen molar-refractivity contribution in [2.75, 3.05) is 0 Å². The molecular weight excluding hydrogens is 160 g/mol. The van der Waals surface area contributed by atoms with Crippen molar-refractivity contribution >= 4 is 0 Å². The molecule has 0 aromatic carbocycles. The molecule has 72 valence electrons. The SMILES string of the molecule is CCc1ccc(C(C)(C)CC)nn1. The van der Waals surface area contributed by atoms with E-state index >= 15 is 0 Å². The summed E-state index contributed by atoms with van der Waals surface area (Å²) >= 11 is 0. The maximum absolute atomic E-state index is 4.24. The average Bonchev–Trinajstić information content (AvgIpc) is 2.18. The zero-order valence-corrected chi connectivity index (χ0v) is 8.96. The lowest BCUT2D eigenvalue weighted by Crippen LogP contribution is -2.18. The van der Waals surface area contributed by atoms with Gasteiger partial charge >= 0.3 is 0 Å². The van der Waals surface area contributed by atoms with Crippen molar-refractivity contribution in [1.82, 2.24) is 10.2 Å². The molecule has 0 radical (unpaired) electrons. The Bertz CT molecular complexity index is 262. The second-order valence-electron chi connectivity index (χ2n) is 4.00. The Morgan fingerprint density at radius 1 is 1.15 bits per heavy atom. The Kier molecular flexibility index (Phi) is 3.02. The van der Waals surface area contributed by atoms with E-state index in [0.29, 0.717) is 0 Å². The zero-order valence-electron chi connectivity index (χ0n) is 8.96. The Morgan fingerprint density at radius 2 is 1.85 bits per heavy atom. The maximum atomic E-state index is 4.24. The van der Waals surface area contributed by atoms with Crippen molar-refractivity contribution in [2.45, 2.75) is 46.0 Å². The van der Waals surface area contributed by atoms with E-state index < -0.39 is 0 Å². The highest BCUT2D eigenvalue weighted by Crippen LogP contribution is 2.23. The number of rotatable bonds is 3. The van der Waals surface area contributed by atoms with E-state index in [1.165, 1.54) is 0 Å². The first-order valence-corrected chi connectivity index (χ1v) is 4.93. The highest BCUT2D eigenvalue weighted by Gasteiger charge is 2.19. The second kappa shape index (κ2) is 3.86. The van der Waals surface area contributed by atoms with Crippen molar-refractivity contribution in [3.63, 3.8) is 0 Å². The smallest absolute Gasteiger partial charge is 0.0687 e. The van der Waals surface area contributed by atoms with Gasteiger partial charge in [-0.15, -0.1) is 0 Å². The Hall–Kier alpha value is -0.920. The Morgan fingerprint density at radius 3 is 2.23 bits per heavy atom. The third kappa shape index (κ3) is 2.27. The maximum Gasteiger partial charge on any atom is 0.0687 e. The van der Waals surface area contributed by atoms with Gasteiger partial charge in [-0.25, -0.2) is 0 Å². The quantitative estimate of drug-likeness (QED) is 0.711. The molecule has 1 aromatic heterocycles. The fraction of sp³-hybridized carbons (Fsp3) is 0.636. The summed E-state index contributed by atoms with van der Waals surface area (Å²) in [6.07, 6.45) is 2.05. The molecule has 0 spiro atoms. The summed E-state index contributed by atoms with van der Waals surface area (Å²) in [6, 6.07) is 4.16. The van der Waals surface area contributed by atoms with Crippen LogP contribution in [0.1, 0.15) is 45.5 Å². The van der Waals surface area contributed by atoms with Crippen LogP contribution in [0.5, 0.6) is 0 Å². The van der Waals surface area contributed by atoms with Gasteiger partial charge in [0.2, 0.25) is 0 Å². The van der Waals surface area contributed by atoms with Gasteiger partial charge in [-0.1, -0.05) is 27.7 Å². The standard InChI is InChI=1S/C11H18N2/c1-5-9-7-8-10(13-12-9)11(3,4)6-2/h7-8H,5-6H2,1-4H3. The summed E-state index contributed by atoms with van der Waals surface area (Å²) in [7, 11) is 0. The number of hydrogen-bond acceptors (Lipinski definition) is 2. The number of aryl methyl sites for hydroxylation is 1. The third-order valence-corrected chi connectivity index (χ3v) is 2.66. The van der Waals surface area contributed by atoms with Crippen LogP contribution in [-0.4, -0.2) is 10.2 Å². The van der Waals surface area contributed by atoms with Gasteiger partial charge in [0.15, 0.2) is 0 Å². The van der Waals surface area contributed by atoms with Crippen LogP contribution in [0.15, 0.2) is 12.1 Å². The van der Waals surface area contributed by atoms with E-state index in [9.17, 15) is 0 Å². The molecule has 0 unspecified atom stereocenters. The van der Waals surface area contributed by atoms with Crippen molar-refractivity contribution in [1.29, 1.82) is 0 Å². The minimum atomic E-state index is 0.152. The average molecular weight is 178 g/mol. The number of nitrogens with zero attached hydrogens (tertiary/aromatic N) is 2. The summed E-state index contributed by atoms with van der Waals surface area (Å²) in [5.41, 5.74) is 2.31. The minimum Gasteiger partial charge on any atom is -0.155 e. The lowest BCUT2D eigenvalue weighted by atomic mass is 9.86. The van der Waals surface area contributed by atoms with Crippen molar-refractivity contribution in [3.8, 4) is 0 Å². The highest BCUT2D eigenvalue weighted by atomic mass is 15.1.